The van der Waals surface area contributed by atoms with Gasteiger partial charge in [-0.25, -0.2) is 4.98 Å². The zero-order chi connectivity index (χ0) is 13.5. The Hall–Kier alpha value is -1.65. The van der Waals surface area contributed by atoms with Crippen LogP contribution in [0.4, 0.5) is 0 Å². The van der Waals surface area contributed by atoms with Gasteiger partial charge in [0.25, 0.3) is 0 Å². The van der Waals surface area contributed by atoms with E-state index in [2.05, 4.69) is 30.8 Å². The second-order valence-electron chi connectivity index (χ2n) is 3.96. The summed E-state index contributed by atoms with van der Waals surface area (Å²) in [5, 5.41) is 14.6. The summed E-state index contributed by atoms with van der Waals surface area (Å²) >= 11 is 0. The Morgan fingerprint density at radius 2 is 2.20 bits per heavy atom. The van der Waals surface area contributed by atoms with Crippen LogP contribution in [0.3, 0.4) is 0 Å². The van der Waals surface area contributed by atoms with E-state index in [9.17, 15) is 0 Å². The first-order valence-corrected chi connectivity index (χ1v) is 6.03. The van der Waals surface area contributed by atoms with E-state index < -0.39 is 0 Å². The molecular formula is C11H19IN8. The van der Waals surface area contributed by atoms with Crippen LogP contribution < -0.4 is 10.6 Å². The molecule has 0 fully saturated rings. The fourth-order valence-electron chi connectivity index (χ4n) is 1.61. The van der Waals surface area contributed by atoms with E-state index in [1.807, 2.05) is 17.8 Å². The number of rotatable bonds is 5. The molecule has 2 aromatic heterocycles. The summed E-state index contributed by atoms with van der Waals surface area (Å²) in [6.45, 7) is 2.15. The number of guanidine groups is 1. The molecule has 20 heavy (non-hydrogen) atoms. The summed E-state index contributed by atoms with van der Waals surface area (Å²) in [5.74, 6) is 0.751. The minimum Gasteiger partial charge on any atom is -0.355 e. The number of aromatic nitrogens is 5. The summed E-state index contributed by atoms with van der Waals surface area (Å²) < 4.78 is 3.59. The van der Waals surface area contributed by atoms with Gasteiger partial charge in [0.2, 0.25) is 0 Å². The van der Waals surface area contributed by atoms with Gasteiger partial charge in [-0.15, -0.1) is 24.0 Å². The number of hydrogen-bond acceptors (Lipinski definition) is 4. The lowest BCUT2D eigenvalue weighted by molar-refractivity contribution is 0.594. The molecular weight excluding hydrogens is 371 g/mol. The van der Waals surface area contributed by atoms with Crippen LogP contribution in [0.1, 0.15) is 5.69 Å². The second-order valence-corrected chi connectivity index (χ2v) is 3.96. The highest BCUT2D eigenvalue weighted by atomic mass is 127. The molecule has 0 saturated heterocycles. The topological polar surface area (TPSA) is 84.9 Å². The predicted octanol–water partition coefficient (Wildman–Crippen LogP) is -0.00520. The highest BCUT2D eigenvalue weighted by Gasteiger charge is 2.01. The molecule has 0 saturated carbocycles. The minimum atomic E-state index is 0. The number of aryl methyl sites for hydroxylation is 1. The van der Waals surface area contributed by atoms with Gasteiger partial charge in [0.05, 0.1) is 18.8 Å². The Morgan fingerprint density at radius 1 is 1.35 bits per heavy atom. The zero-order valence-electron chi connectivity index (χ0n) is 11.5. The Bertz CT molecular complexity index is 518. The monoisotopic (exact) mass is 390 g/mol. The summed E-state index contributed by atoms with van der Waals surface area (Å²) in [4.78, 5) is 8.04. The Labute approximate surface area is 134 Å². The number of hydrogen-bond donors (Lipinski definition) is 2. The molecule has 0 bridgehead atoms. The summed E-state index contributed by atoms with van der Waals surface area (Å²) in [6, 6.07) is 1.97. The molecule has 0 aromatic carbocycles. The molecule has 0 unspecified atom stereocenters. The van der Waals surface area contributed by atoms with Crippen LogP contribution in [0.15, 0.2) is 29.9 Å². The van der Waals surface area contributed by atoms with Gasteiger partial charge in [0.15, 0.2) is 5.96 Å². The lowest BCUT2D eigenvalue weighted by Crippen LogP contribution is -2.38. The van der Waals surface area contributed by atoms with E-state index >= 15 is 0 Å². The van der Waals surface area contributed by atoms with Crippen LogP contribution in [0, 0.1) is 0 Å². The maximum Gasteiger partial charge on any atom is 0.191 e. The molecule has 0 aliphatic heterocycles. The van der Waals surface area contributed by atoms with Crippen molar-refractivity contribution in [2.75, 3.05) is 13.6 Å². The molecule has 0 amide bonds. The van der Waals surface area contributed by atoms with Crippen molar-refractivity contribution in [2.24, 2.45) is 12.0 Å². The average molecular weight is 390 g/mol. The third kappa shape index (κ3) is 4.79. The van der Waals surface area contributed by atoms with Gasteiger partial charge in [-0.1, -0.05) is 0 Å². The first-order chi connectivity index (χ1) is 9.29. The third-order valence-electron chi connectivity index (χ3n) is 2.68. The maximum absolute atomic E-state index is 4.16. The van der Waals surface area contributed by atoms with E-state index in [4.69, 9.17) is 0 Å². The van der Waals surface area contributed by atoms with Crippen molar-refractivity contribution < 1.29 is 0 Å². The van der Waals surface area contributed by atoms with Gasteiger partial charge in [-0.3, -0.25) is 14.4 Å². The van der Waals surface area contributed by atoms with Crippen molar-refractivity contribution in [2.45, 2.75) is 13.1 Å². The largest absolute Gasteiger partial charge is 0.355 e. The first-order valence-electron chi connectivity index (χ1n) is 6.03. The van der Waals surface area contributed by atoms with Crippen LogP contribution in [0.25, 0.3) is 0 Å². The Balaban J connectivity index is 0.00000200. The van der Waals surface area contributed by atoms with Gasteiger partial charge in [0.1, 0.15) is 12.7 Å². The van der Waals surface area contributed by atoms with Crippen molar-refractivity contribution >= 4 is 29.9 Å². The van der Waals surface area contributed by atoms with Crippen molar-refractivity contribution in [3.05, 3.63) is 30.6 Å². The molecule has 9 heteroatoms. The Kier molecular flexibility index (Phi) is 6.98. The number of aliphatic imine (C=N–C) groups is 1. The van der Waals surface area contributed by atoms with Crippen LogP contribution >= 0.6 is 24.0 Å². The van der Waals surface area contributed by atoms with Crippen LogP contribution in [-0.2, 0) is 20.1 Å². The van der Waals surface area contributed by atoms with Gasteiger partial charge < -0.3 is 10.6 Å². The van der Waals surface area contributed by atoms with Crippen molar-refractivity contribution in [3.8, 4) is 0 Å². The number of nitrogens with one attached hydrogen (secondary N) is 2. The summed E-state index contributed by atoms with van der Waals surface area (Å²) in [6.07, 6.45) is 4.99. The van der Waals surface area contributed by atoms with Gasteiger partial charge in [-0.05, 0) is 6.07 Å². The SMILES string of the molecule is CN=C(NCCn1cncn1)NCc1ccnn1C.I. The number of nitrogens with zero attached hydrogens (tertiary/aromatic N) is 6. The van der Waals surface area contributed by atoms with E-state index in [1.165, 1.54) is 6.33 Å². The molecule has 0 spiro atoms. The zero-order valence-corrected chi connectivity index (χ0v) is 13.9. The lowest BCUT2D eigenvalue weighted by Gasteiger charge is -2.11. The molecule has 8 nitrogen and oxygen atoms in total. The van der Waals surface area contributed by atoms with Gasteiger partial charge in [0, 0.05) is 26.8 Å². The molecule has 0 atom stereocenters. The van der Waals surface area contributed by atoms with E-state index in [1.54, 1.807) is 24.3 Å². The Morgan fingerprint density at radius 3 is 2.80 bits per heavy atom. The normalized spacial score (nSPS) is 11.0. The fraction of sp³-hybridized carbons (Fsp3) is 0.455. The third-order valence-corrected chi connectivity index (χ3v) is 2.68. The van der Waals surface area contributed by atoms with E-state index in [0.29, 0.717) is 6.54 Å². The molecule has 0 radical (unpaired) electrons. The molecule has 2 aromatic rings. The van der Waals surface area contributed by atoms with Crippen molar-refractivity contribution in [1.29, 1.82) is 0 Å². The quantitative estimate of drug-likeness (QED) is 0.427. The standard InChI is InChI=1S/C11H18N8.HI/c1-12-11(14-5-6-19-9-13-8-17-19)15-7-10-3-4-16-18(10)2;/h3-4,8-9H,5-7H2,1-2H3,(H2,12,14,15);1H. The smallest absolute Gasteiger partial charge is 0.191 e. The van der Waals surface area contributed by atoms with E-state index in [-0.39, 0.29) is 24.0 Å². The molecule has 0 aliphatic carbocycles. The molecule has 2 rings (SSSR count). The van der Waals surface area contributed by atoms with Crippen LogP contribution in [-0.4, -0.2) is 44.1 Å². The predicted molar refractivity (Wildman–Crippen MR) is 86.8 cm³/mol. The van der Waals surface area contributed by atoms with Crippen LogP contribution in [0.2, 0.25) is 0 Å². The fourth-order valence-corrected chi connectivity index (χ4v) is 1.61. The van der Waals surface area contributed by atoms with Gasteiger partial charge >= 0.3 is 0 Å². The minimum absolute atomic E-state index is 0. The highest BCUT2D eigenvalue weighted by molar-refractivity contribution is 14.0. The van der Waals surface area contributed by atoms with Gasteiger partial charge in [-0.2, -0.15) is 10.2 Å². The number of halogens is 1. The molecule has 2 heterocycles. The molecule has 110 valence electrons. The second kappa shape index (κ2) is 8.51. The van der Waals surface area contributed by atoms with E-state index in [0.717, 1.165) is 24.7 Å². The average Bonchev–Trinajstić information content (AvgIpc) is 3.05. The van der Waals surface area contributed by atoms with Crippen molar-refractivity contribution in [3.63, 3.8) is 0 Å². The summed E-state index contributed by atoms with van der Waals surface area (Å²) in [5.41, 5.74) is 1.10. The van der Waals surface area contributed by atoms with Crippen LogP contribution in [0.5, 0.6) is 0 Å². The maximum atomic E-state index is 4.16. The highest BCUT2D eigenvalue weighted by Crippen LogP contribution is 1.94. The first kappa shape index (κ1) is 16.4. The lowest BCUT2D eigenvalue weighted by atomic mass is 10.4. The van der Waals surface area contributed by atoms with Crippen molar-refractivity contribution in [1.82, 2.24) is 35.2 Å². The summed E-state index contributed by atoms with van der Waals surface area (Å²) in [7, 11) is 3.66. The molecule has 0 aliphatic rings. The molecule has 2 N–H and O–H groups in total.